The highest BCUT2D eigenvalue weighted by molar-refractivity contribution is 7.80. The van der Waals surface area contributed by atoms with E-state index in [9.17, 15) is 0 Å². The minimum absolute atomic E-state index is 0.132. The molecule has 0 aliphatic carbocycles. The minimum atomic E-state index is 0.132. The molecule has 0 amide bonds. The number of aromatic amines is 1. The Labute approximate surface area is 68.7 Å². The fourth-order valence-electron chi connectivity index (χ4n) is 0.505. The van der Waals surface area contributed by atoms with E-state index in [2.05, 4.69) is 32.7 Å². The van der Waals surface area contributed by atoms with Crippen LogP contribution in [-0.4, -0.2) is 21.3 Å². The number of thiocarbonyl (C=S) groups is 1. The smallest absolute Gasteiger partial charge is 0.184 e. The molecule has 58 valence electrons. The van der Waals surface area contributed by atoms with Crippen LogP contribution in [0.3, 0.4) is 0 Å². The maximum Gasteiger partial charge on any atom is 0.184 e. The summed E-state index contributed by atoms with van der Waals surface area (Å²) in [5, 5.41) is 3.81. The lowest BCUT2D eigenvalue weighted by molar-refractivity contribution is 1.04. The lowest BCUT2D eigenvalue weighted by Gasteiger charge is -1.90. The molecule has 0 spiro atoms. The second-order valence-electron chi connectivity index (χ2n) is 1.71. The van der Waals surface area contributed by atoms with Gasteiger partial charge in [-0.15, -0.1) is 0 Å². The Morgan fingerprint density at radius 2 is 2.73 bits per heavy atom. The van der Waals surface area contributed by atoms with Crippen LogP contribution in [0, 0.1) is 0 Å². The number of hydrogen-bond donors (Lipinski definition) is 3. The number of hydrogen-bond acceptors (Lipinski definition) is 3. The lowest BCUT2D eigenvalue weighted by Crippen LogP contribution is -2.24. The molecule has 0 aliphatic heterocycles. The van der Waals surface area contributed by atoms with Crippen LogP contribution >= 0.6 is 12.2 Å². The third-order valence-corrected chi connectivity index (χ3v) is 0.972. The van der Waals surface area contributed by atoms with Gasteiger partial charge in [-0.05, 0) is 12.2 Å². The molecule has 6 heteroatoms. The molecular weight excluding hydrogens is 162 g/mol. The summed E-state index contributed by atoms with van der Waals surface area (Å²) in [6.07, 6.45) is 4.81. The van der Waals surface area contributed by atoms with Gasteiger partial charge in [0.15, 0.2) is 5.11 Å². The Morgan fingerprint density at radius 3 is 3.27 bits per heavy atom. The predicted molar refractivity (Wildman–Crippen MR) is 46.1 cm³/mol. The summed E-state index contributed by atoms with van der Waals surface area (Å²) in [6, 6.07) is 0. The normalized spacial score (nSPS) is 10.2. The Bertz CT molecular complexity index is 252. The Balaban J connectivity index is 2.43. The second kappa shape index (κ2) is 3.67. The highest BCUT2D eigenvalue weighted by atomic mass is 32.1. The molecule has 0 atom stereocenters. The van der Waals surface area contributed by atoms with Crippen molar-refractivity contribution in [1.29, 1.82) is 0 Å². The standard InChI is InChI=1S/C5H7N5S/c6-5(11)10-9-3-4-7-1-2-8-4/h1-3H,(H,7,8)(H3,6,10,11). The van der Waals surface area contributed by atoms with E-state index in [0.29, 0.717) is 5.82 Å². The van der Waals surface area contributed by atoms with Gasteiger partial charge in [0.2, 0.25) is 0 Å². The van der Waals surface area contributed by atoms with Crippen LogP contribution in [0.2, 0.25) is 0 Å². The zero-order valence-electron chi connectivity index (χ0n) is 5.61. The van der Waals surface area contributed by atoms with E-state index >= 15 is 0 Å². The zero-order valence-corrected chi connectivity index (χ0v) is 6.43. The fourth-order valence-corrected chi connectivity index (χ4v) is 0.558. The van der Waals surface area contributed by atoms with Gasteiger partial charge in [0.1, 0.15) is 5.82 Å². The van der Waals surface area contributed by atoms with Crippen LogP contribution in [0.15, 0.2) is 17.5 Å². The summed E-state index contributed by atoms with van der Waals surface area (Å²) in [6.45, 7) is 0. The molecule has 0 radical (unpaired) electrons. The molecule has 5 nitrogen and oxygen atoms in total. The van der Waals surface area contributed by atoms with Crippen molar-refractivity contribution in [2.45, 2.75) is 0 Å². The molecule has 0 aliphatic rings. The monoisotopic (exact) mass is 169 g/mol. The zero-order chi connectivity index (χ0) is 8.10. The highest BCUT2D eigenvalue weighted by Crippen LogP contribution is 1.80. The Kier molecular flexibility index (Phi) is 2.56. The summed E-state index contributed by atoms with van der Waals surface area (Å²) in [7, 11) is 0. The van der Waals surface area contributed by atoms with Crippen molar-refractivity contribution >= 4 is 23.5 Å². The number of hydrazone groups is 1. The second-order valence-corrected chi connectivity index (χ2v) is 2.15. The van der Waals surface area contributed by atoms with Gasteiger partial charge in [-0.3, -0.25) is 5.43 Å². The first kappa shape index (κ1) is 7.67. The molecule has 1 aromatic heterocycles. The van der Waals surface area contributed by atoms with E-state index in [1.54, 1.807) is 12.4 Å². The van der Waals surface area contributed by atoms with E-state index in [1.807, 2.05) is 0 Å². The van der Waals surface area contributed by atoms with Crippen LogP contribution in [0.25, 0.3) is 0 Å². The predicted octanol–water partition coefficient (Wildman–Crippen LogP) is -0.423. The van der Waals surface area contributed by atoms with Crippen LogP contribution in [-0.2, 0) is 0 Å². The van der Waals surface area contributed by atoms with Gasteiger partial charge in [0, 0.05) is 12.4 Å². The number of H-pyrrole nitrogens is 1. The number of imidazole rings is 1. The average molecular weight is 169 g/mol. The Morgan fingerprint density at radius 1 is 1.91 bits per heavy atom. The lowest BCUT2D eigenvalue weighted by atomic mass is 10.7. The summed E-state index contributed by atoms with van der Waals surface area (Å²) < 4.78 is 0. The van der Waals surface area contributed by atoms with E-state index in [0.717, 1.165) is 0 Å². The van der Waals surface area contributed by atoms with Crippen molar-refractivity contribution in [3.8, 4) is 0 Å². The van der Waals surface area contributed by atoms with E-state index in [1.165, 1.54) is 6.21 Å². The van der Waals surface area contributed by atoms with E-state index < -0.39 is 0 Å². The molecule has 0 bridgehead atoms. The topological polar surface area (TPSA) is 79.1 Å². The highest BCUT2D eigenvalue weighted by Gasteiger charge is 1.85. The van der Waals surface area contributed by atoms with Crippen molar-refractivity contribution in [2.75, 3.05) is 0 Å². The third-order valence-electron chi connectivity index (χ3n) is 0.881. The van der Waals surface area contributed by atoms with E-state index in [4.69, 9.17) is 5.73 Å². The summed E-state index contributed by atoms with van der Waals surface area (Å²) >= 11 is 4.51. The van der Waals surface area contributed by atoms with Crippen molar-refractivity contribution in [3.63, 3.8) is 0 Å². The SMILES string of the molecule is NC(=S)NN=Cc1ncc[nH]1. The molecule has 4 N–H and O–H groups in total. The number of aromatic nitrogens is 2. The first-order valence-electron chi connectivity index (χ1n) is 2.87. The van der Waals surface area contributed by atoms with Gasteiger partial charge in [-0.25, -0.2) is 4.98 Å². The quantitative estimate of drug-likeness (QED) is 0.319. The molecule has 0 unspecified atom stereocenters. The van der Waals surface area contributed by atoms with Gasteiger partial charge in [-0.2, -0.15) is 5.10 Å². The summed E-state index contributed by atoms with van der Waals surface area (Å²) in [5.41, 5.74) is 7.51. The van der Waals surface area contributed by atoms with Crippen LogP contribution in [0.1, 0.15) is 5.82 Å². The summed E-state index contributed by atoms with van der Waals surface area (Å²) in [5.74, 6) is 0.647. The Hall–Kier alpha value is -1.43. The maximum absolute atomic E-state index is 5.11. The van der Waals surface area contributed by atoms with Crippen molar-refractivity contribution < 1.29 is 0 Å². The van der Waals surface area contributed by atoms with Gasteiger partial charge >= 0.3 is 0 Å². The van der Waals surface area contributed by atoms with Crippen LogP contribution < -0.4 is 11.2 Å². The number of nitrogens with zero attached hydrogens (tertiary/aromatic N) is 2. The van der Waals surface area contributed by atoms with Gasteiger partial charge in [-0.1, -0.05) is 0 Å². The van der Waals surface area contributed by atoms with Crippen molar-refractivity contribution in [3.05, 3.63) is 18.2 Å². The van der Waals surface area contributed by atoms with Crippen LogP contribution in [0.5, 0.6) is 0 Å². The number of nitrogens with one attached hydrogen (secondary N) is 2. The molecule has 11 heavy (non-hydrogen) atoms. The largest absolute Gasteiger partial charge is 0.375 e. The molecular formula is C5H7N5S. The fraction of sp³-hybridized carbons (Fsp3) is 0. The van der Waals surface area contributed by atoms with Gasteiger partial charge in [0.05, 0.1) is 6.21 Å². The number of rotatable bonds is 2. The molecule has 1 rings (SSSR count). The maximum atomic E-state index is 5.11. The molecule has 1 heterocycles. The van der Waals surface area contributed by atoms with Crippen LogP contribution in [0.4, 0.5) is 0 Å². The molecule has 0 saturated carbocycles. The molecule has 0 fully saturated rings. The molecule has 0 aromatic carbocycles. The third kappa shape index (κ3) is 2.76. The average Bonchev–Trinajstić information content (AvgIpc) is 2.39. The molecule has 1 aromatic rings. The van der Waals surface area contributed by atoms with Crippen molar-refractivity contribution in [2.24, 2.45) is 10.8 Å². The van der Waals surface area contributed by atoms with Crippen molar-refractivity contribution in [1.82, 2.24) is 15.4 Å². The van der Waals surface area contributed by atoms with Gasteiger partial charge < -0.3 is 10.7 Å². The summed E-state index contributed by atoms with van der Waals surface area (Å²) in [4.78, 5) is 6.71. The van der Waals surface area contributed by atoms with Gasteiger partial charge in [0.25, 0.3) is 0 Å². The number of nitrogens with two attached hydrogens (primary N) is 1. The minimum Gasteiger partial charge on any atom is -0.375 e. The first-order chi connectivity index (χ1) is 5.29. The first-order valence-corrected chi connectivity index (χ1v) is 3.28. The van der Waals surface area contributed by atoms with E-state index in [-0.39, 0.29) is 5.11 Å². The molecule has 0 saturated heterocycles.